The van der Waals surface area contributed by atoms with Crippen LogP contribution in [0, 0.1) is 0 Å². The van der Waals surface area contributed by atoms with Gasteiger partial charge in [-0.15, -0.1) is 0 Å². The predicted molar refractivity (Wildman–Crippen MR) is 43.1 cm³/mol. The highest BCUT2D eigenvalue weighted by Gasteiger charge is 1.75. The number of carbonyl (C=O) groups is 1. The van der Waals surface area contributed by atoms with Crippen LogP contribution in [0.25, 0.3) is 0 Å². The highest BCUT2D eigenvalue weighted by atomic mass is 16.4. The van der Waals surface area contributed by atoms with Crippen LogP contribution in [-0.4, -0.2) is 11.1 Å². The van der Waals surface area contributed by atoms with Gasteiger partial charge in [-0.3, -0.25) is 4.79 Å². The van der Waals surface area contributed by atoms with Gasteiger partial charge in [0.1, 0.15) is 0 Å². The number of unbranched alkanes of at least 4 members (excludes halogenated alkanes) is 3. The maximum absolute atomic E-state index is 9.00. The minimum atomic E-state index is -0.833. The second-order valence-corrected chi connectivity index (χ2v) is 2.23. The first kappa shape index (κ1) is 12.2. The molecule has 0 amide bonds. The molecular weight excluding hydrogens is 128 g/mol. The summed E-state index contributed by atoms with van der Waals surface area (Å²) in [7, 11) is 0. The van der Waals surface area contributed by atoms with E-state index in [0.717, 1.165) is 6.92 Å². The van der Waals surface area contributed by atoms with E-state index < -0.39 is 5.97 Å². The zero-order valence-electron chi connectivity index (χ0n) is 7.18. The van der Waals surface area contributed by atoms with Gasteiger partial charge in [-0.1, -0.05) is 39.5 Å². The number of aliphatic carboxylic acids is 1. The van der Waals surface area contributed by atoms with Crippen LogP contribution in [0.5, 0.6) is 0 Å². The quantitative estimate of drug-likeness (QED) is 0.621. The molecule has 0 radical (unpaired) electrons. The monoisotopic (exact) mass is 146 g/mol. The number of carboxylic acids is 1. The Bertz CT molecular complexity index is 61.7. The summed E-state index contributed by atoms with van der Waals surface area (Å²) < 4.78 is 0. The van der Waals surface area contributed by atoms with Gasteiger partial charge in [-0.25, -0.2) is 0 Å². The van der Waals surface area contributed by atoms with Crippen LogP contribution >= 0.6 is 0 Å². The SMILES string of the molecule is CC(=O)O.CCCCCC. The Balaban J connectivity index is 0. The molecule has 2 heteroatoms. The number of hydrogen-bond acceptors (Lipinski definition) is 1. The van der Waals surface area contributed by atoms with Crippen LogP contribution in [0.3, 0.4) is 0 Å². The normalized spacial score (nSPS) is 7.90. The zero-order valence-corrected chi connectivity index (χ0v) is 7.18. The van der Waals surface area contributed by atoms with Crippen molar-refractivity contribution < 1.29 is 9.90 Å². The maximum Gasteiger partial charge on any atom is 0.300 e. The van der Waals surface area contributed by atoms with E-state index in [1.165, 1.54) is 25.7 Å². The molecule has 0 aromatic rings. The fourth-order valence-electron chi connectivity index (χ4n) is 0.500. The lowest BCUT2D eigenvalue weighted by molar-refractivity contribution is -0.134. The van der Waals surface area contributed by atoms with Crippen molar-refractivity contribution in [2.75, 3.05) is 0 Å². The molecule has 0 aliphatic carbocycles. The van der Waals surface area contributed by atoms with Gasteiger partial charge in [-0.05, 0) is 0 Å². The first-order chi connectivity index (χ1) is 4.65. The van der Waals surface area contributed by atoms with Crippen molar-refractivity contribution in [1.29, 1.82) is 0 Å². The van der Waals surface area contributed by atoms with Gasteiger partial charge in [-0.2, -0.15) is 0 Å². The van der Waals surface area contributed by atoms with Crippen molar-refractivity contribution in [2.45, 2.75) is 46.5 Å². The molecule has 10 heavy (non-hydrogen) atoms. The average molecular weight is 146 g/mol. The first-order valence-electron chi connectivity index (χ1n) is 3.84. The smallest absolute Gasteiger partial charge is 0.300 e. The largest absolute Gasteiger partial charge is 0.481 e. The molecule has 0 fully saturated rings. The third-order valence-corrected chi connectivity index (χ3v) is 0.957. The van der Waals surface area contributed by atoms with Gasteiger partial charge in [0.25, 0.3) is 5.97 Å². The summed E-state index contributed by atoms with van der Waals surface area (Å²) in [5.74, 6) is -0.833. The van der Waals surface area contributed by atoms with Gasteiger partial charge in [0.2, 0.25) is 0 Å². The van der Waals surface area contributed by atoms with Crippen LogP contribution < -0.4 is 0 Å². The third kappa shape index (κ3) is 51.3. The van der Waals surface area contributed by atoms with E-state index in [0.29, 0.717) is 0 Å². The molecule has 0 aliphatic heterocycles. The molecule has 0 aliphatic rings. The summed E-state index contributed by atoms with van der Waals surface area (Å²) in [6.45, 7) is 5.55. The summed E-state index contributed by atoms with van der Waals surface area (Å²) in [6.07, 6.45) is 5.54. The van der Waals surface area contributed by atoms with Crippen LogP contribution in [0.15, 0.2) is 0 Å². The fourth-order valence-corrected chi connectivity index (χ4v) is 0.500. The Hall–Kier alpha value is -0.530. The van der Waals surface area contributed by atoms with E-state index in [1.54, 1.807) is 0 Å². The van der Waals surface area contributed by atoms with Crippen molar-refractivity contribution in [1.82, 2.24) is 0 Å². The molecule has 0 saturated heterocycles. The lowest BCUT2D eigenvalue weighted by atomic mass is 10.2. The lowest BCUT2D eigenvalue weighted by Gasteiger charge is -1.86. The second-order valence-electron chi connectivity index (χ2n) is 2.23. The fraction of sp³-hybridized carbons (Fsp3) is 0.875. The third-order valence-electron chi connectivity index (χ3n) is 0.957. The van der Waals surface area contributed by atoms with E-state index >= 15 is 0 Å². The first-order valence-corrected chi connectivity index (χ1v) is 3.84. The molecule has 0 atom stereocenters. The van der Waals surface area contributed by atoms with Crippen LogP contribution in [-0.2, 0) is 4.79 Å². The zero-order chi connectivity index (χ0) is 8.41. The molecule has 0 aromatic heterocycles. The lowest BCUT2D eigenvalue weighted by Crippen LogP contribution is -1.78. The van der Waals surface area contributed by atoms with E-state index in [1.807, 2.05) is 0 Å². The minimum absolute atomic E-state index is 0.833. The Labute approximate surface area is 63.3 Å². The van der Waals surface area contributed by atoms with Gasteiger partial charge >= 0.3 is 0 Å². The Kier molecular flexibility index (Phi) is 13.7. The van der Waals surface area contributed by atoms with Crippen molar-refractivity contribution in [3.63, 3.8) is 0 Å². The minimum Gasteiger partial charge on any atom is -0.481 e. The number of carboxylic acid groups (broad SMARTS) is 1. The van der Waals surface area contributed by atoms with E-state index in [-0.39, 0.29) is 0 Å². The Morgan fingerprint density at radius 2 is 1.40 bits per heavy atom. The molecule has 62 valence electrons. The summed E-state index contributed by atoms with van der Waals surface area (Å²) in [6, 6.07) is 0. The highest BCUT2D eigenvalue weighted by Crippen LogP contribution is 1.95. The van der Waals surface area contributed by atoms with E-state index in [9.17, 15) is 0 Å². The van der Waals surface area contributed by atoms with Gasteiger partial charge < -0.3 is 5.11 Å². The summed E-state index contributed by atoms with van der Waals surface area (Å²) >= 11 is 0. The van der Waals surface area contributed by atoms with Gasteiger partial charge in [0.05, 0.1) is 0 Å². The summed E-state index contributed by atoms with van der Waals surface area (Å²) in [5, 5.41) is 7.42. The van der Waals surface area contributed by atoms with Gasteiger partial charge in [0.15, 0.2) is 0 Å². The van der Waals surface area contributed by atoms with Crippen LogP contribution in [0.4, 0.5) is 0 Å². The topological polar surface area (TPSA) is 37.3 Å². The highest BCUT2D eigenvalue weighted by molar-refractivity contribution is 5.62. The standard InChI is InChI=1S/C6H14.C2H4O2/c1-3-5-6-4-2;1-2(3)4/h3-6H2,1-2H3;1H3,(H,3,4). The molecule has 0 bridgehead atoms. The molecule has 0 aromatic carbocycles. The van der Waals surface area contributed by atoms with Crippen molar-refractivity contribution >= 4 is 5.97 Å². The van der Waals surface area contributed by atoms with Gasteiger partial charge in [0, 0.05) is 6.92 Å². The summed E-state index contributed by atoms with van der Waals surface area (Å²) in [4.78, 5) is 9.00. The van der Waals surface area contributed by atoms with E-state index in [2.05, 4.69) is 13.8 Å². The molecular formula is C8H18O2. The van der Waals surface area contributed by atoms with Crippen LogP contribution in [0.1, 0.15) is 46.5 Å². The molecule has 0 saturated carbocycles. The second kappa shape index (κ2) is 11.3. The Morgan fingerprint density at radius 3 is 1.50 bits per heavy atom. The van der Waals surface area contributed by atoms with Crippen LogP contribution in [0.2, 0.25) is 0 Å². The average Bonchev–Trinajstić information content (AvgIpc) is 1.82. The molecule has 0 spiro atoms. The number of hydrogen-bond donors (Lipinski definition) is 1. The predicted octanol–water partition coefficient (Wildman–Crippen LogP) is 2.68. The maximum atomic E-state index is 9.00. The van der Waals surface area contributed by atoms with Crippen molar-refractivity contribution in [3.8, 4) is 0 Å². The molecule has 2 nitrogen and oxygen atoms in total. The number of rotatable bonds is 3. The van der Waals surface area contributed by atoms with Crippen molar-refractivity contribution in [3.05, 3.63) is 0 Å². The molecule has 0 unspecified atom stereocenters. The van der Waals surface area contributed by atoms with E-state index in [4.69, 9.17) is 9.90 Å². The molecule has 0 rings (SSSR count). The Morgan fingerprint density at radius 1 is 1.20 bits per heavy atom. The van der Waals surface area contributed by atoms with Crippen molar-refractivity contribution in [2.24, 2.45) is 0 Å². The molecule has 0 heterocycles. The molecule has 1 N–H and O–H groups in total. The summed E-state index contributed by atoms with van der Waals surface area (Å²) in [5.41, 5.74) is 0.